The van der Waals surface area contributed by atoms with Crippen molar-refractivity contribution in [2.75, 3.05) is 13.2 Å². The number of hydrogen-bond acceptors (Lipinski definition) is 2. The van der Waals surface area contributed by atoms with Gasteiger partial charge >= 0.3 is 0 Å². The standard InChI is InChI=1S/C20H30O2/c1-2-3-4-5-6-7-8-9-10-11-18-12-14-19(15-13-18)21-16-20-17-22-20/h7-8,12-15,20H,2-6,9-11,16-17H2,1H3/b8-7+. The van der Waals surface area contributed by atoms with E-state index in [-0.39, 0.29) is 0 Å². The largest absolute Gasteiger partial charge is 0.491 e. The smallest absolute Gasteiger partial charge is 0.119 e. The van der Waals surface area contributed by atoms with E-state index >= 15 is 0 Å². The molecule has 0 aliphatic carbocycles. The van der Waals surface area contributed by atoms with E-state index in [1.54, 1.807) is 0 Å². The molecular formula is C20H30O2. The van der Waals surface area contributed by atoms with Gasteiger partial charge in [0.2, 0.25) is 0 Å². The lowest BCUT2D eigenvalue weighted by atomic mass is 10.1. The first-order valence-electron chi connectivity index (χ1n) is 8.87. The summed E-state index contributed by atoms with van der Waals surface area (Å²) >= 11 is 0. The van der Waals surface area contributed by atoms with Gasteiger partial charge in [-0.25, -0.2) is 0 Å². The van der Waals surface area contributed by atoms with Crippen LogP contribution in [-0.4, -0.2) is 19.3 Å². The van der Waals surface area contributed by atoms with E-state index in [9.17, 15) is 0 Å². The van der Waals surface area contributed by atoms with Crippen molar-refractivity contribution in [1.82, 2.24) is 0 Å². The highest BCUT2D eigenvalue weighted by molar-refractivity contribution is 5.27. The fourth-order valence-corrected chi connectivity index (χ4v) is 2.45. The molecule has 1 unspecified atom stereocenters. The molecular weight excluding hydrogens is 272 g/mol. The van der Waals surface area contributed by atoms with E-state index in [2.05, 4.69) is 43.3 Å². The molecule has 0 N–H and O–H groups in total. The highest BCUT2D eigenvalue weighted by Gasteiger charge is 2.22. The van der Waals surface area contributed by atoms with Gasteiger partial charge in [-0.15, -0.1) is 0 Å². The Bertz CT molecular complexity index is 418. The van der Waals surface area contributed by atoms with Gasteiger partial charge in [0.05, 0.1) is 6.61 Å². The van der Waals surface area contributed by atoms with Crippen LogP contribution in [0.15, 0.2) is 36.4 Å². The second-order valence-electron chi connectivity index (χ2n) is 6.12. The number of epoxide rings is 1. The van der Waals surface area contributed by atoms with E-state index in [1.165, 1.54) is 50.5 Å². The Morgan fingerprint density at radius 1 is 1.05 bits per heavy atom. The summed E-state index contributed by atoms with van der Waals surface area (Å²) in [7, 11) is 0. The SMILES string of the molecule is CCCCCC/C=C/CCCc1ccc(OCC2CO2)cc1. The van der Waals surface area contributed by atoms with Gasteiger partial charge in [-0.1, -0.05) is 50.5 Å². The Hall–Kier alpha value is -1.28. The molecule has 1 aliphatic rings. The zero-order valence-corrected chi connectivity index (χ0v) is 13.9. The highest BCUT2D eigenvalue weighted by atomic mass is 16.6. The predicted molar refractivity (Wildman–Crippen MR) is 92.5 cm³/mol. The average molecular weight is 302 g/mol. The highest BCUT2D eigenvalue weighted by Crippen LogP contribution is 2.17. The van der Waals surface area contributed by atoms with Crippen LogP contribution in [0.3, 0.4) is 0 Å². The van der Waals surface area contributed by atoms with Crippen LogP contribution in [0.4, 0.5) is 0 Å². The Morgan fingerprint density at radius 2 is 1.77 bits per heavy atom. The maximum Gasteiger partial charge on any atom is 0.119 e. The van der Waals surface area contributed by atoms with Gasteiger partial charge in [-0.3, -0.25) is 0 Å². The van der Waals surface area contributed by atoms with Crippen LogP contribution in [0.5, 0.6) is 5.75 Å². The zero-order chi connectivity index (χ0) is 15.5. The van der Waals surface area contributed by atoms with Crippen molar-refractivity contribution >= 4 is 0 Å². The van der Waals surface area contributed by atoms with Crippen molar-refractivity contribution in [1.29, 1.82) is 0 Å². The molecule has 2 heteroatoms. The Morgan fingerprint density at radius 3 is 2.45 bits per heavy atom. The van der Waals surface area contributed by atoms with E-state index in [4.69, 9.17) is 9.47 Å². The zero-order valence-electron chi connectivity index (χ0n) is 13.9. The van der Waals surface area contributed by atoms with Crippen LogP contribution in [0.1, 0.15) is 57.4 Å². The number of rotatable bonds is 12. The van der Waals surface area contributed by atoms with Crippen LogP contribution in [0.2, 0.25) is 0 Å². The molecule has 2 rings (SSSR count). The third-order valence-corrected chi connectivity index (χ3v) is 3.99. The summed E-state index contributed by atoms with van der Waals surface area (Å²) in [6.07, 6.45) is 15.2. The summed E-state index contributed by atoms with van der Waals surface area (Å²) in [4.78, 5) is 0. The predicted octanol–water partition coefficient (Wildman–Crippen LogP) is 5.31. The molecule has 2 nitrogen and oxygen atoms in total. The van der Waals surface area contributed by atoms with Gasteiger partial charge in [0.25, 0.3) is 0 Å². The summed E-state index contributed by atoms with van der Waals surface area (Å²) in [5.41, 5.74) is 1.39. The van der Waals surface area contributed by atoms with Crippen molar-refractivity contribution in [3.05, 3.63) is 42.0 Å². The van der Waals surface area contributed by atoms with E-state index < -0.39 is 0 Å². The molecule has 0 saturated carbocycles. The first-order chi connectivity index (χ1) is 10.9. The Balaban J connectivity index is 1.51. The lowest BCUT2D eigenvalue weighted by Crippen LogP contribution is -2.03. The topological polar surface area (TPSA) is 21.8 Å². The quantitative estimate of drug-likeness (QED) is 0.296. The first-order valence-corrected chi connectivity index (χ1v) is 8.87. The number of allylic oxidation sites excluding steroid dienone is 2. The molecule has 0 bridgehead atoms. The number of aryl methyl sites for hydroxylation is 1. The third-order valence-electron chi connectivity index (χ3n) is 3.99. The first kappa shape index (κ1) is 17.1. The van der Waals surface area contributed by atoms with Gasteiger partial charge < -0.3 is 9.47 Å². The molecule has 1 heterocycles. The lowest BCUT2D eigenvalue weighted by Gasteiger charge is -2.05. The third kappa shape index (κ3) is 7.65. The summed E-state index contributed by atoms with van der Waals surface area (Å²) in [5.74, 6) is 0.950. The van der Waals surface area contributed by atoms with Crippen LogP contribution in [0.25, 0.3) is 0 Å². The molecule has 0 spiro atoms. The molecule has 0 aromatic heterocycles. The van der Waals surface area contributed by atoms with Gasteiger partial charge in [-0.2, -0.15) is 0 Å². The fraction of sp³-hybridized carbons (Fsp3) is 0.600. The van der Waals surface area contributed by atoms with Crippen molar-refractivity contribution < 1.29 is 9.47 Å². The molecule has 22 heavy (non-hydrogen) atoms. The van der Waals surface area contributed by atoms with Gasteiger partial charge in [0.1, 0.15) is 18.5 Å². The summed E-state index contributed by atoms with van der Waals surface area (Å²) in [6, 6.07) is 8.50. The molecule has 1 aromatic rings. The van der Waals surface area contributed by atoms with Crippen LogP contribution < -0.4 is 4.74 Å². The monoisotopic (exact) mass is 302 g/mol. The summed E-state index contributed by atoms with van der Waals surface area (Å²) < 4.78 is 10.8. The Labute approximate surface area is 135 Å². The van der Waals surface area contributed by atoms with Gasteiger partial charge in [0.15, 0.2) is 0 Å². The summed E-state index contributed by atoms with van der Waals surface area (Å²) in [6.45, 7) is 3.79. The normalized spacial score (nSPS) is 17.0. The van der Waals surface area contributed by atoms with E-state index in [0.717, 1.165) is 18.8 Å². The fourth-order valence-electron chi connectivity index (χ4n) is 2.45. The lowest BCUT2D eigenvalue weighted by molar-refractivity contribution is 0.263. The molecule has 0 amide bonds. The van der Waals surface area contributed by atoms with Crippen LogP contribution in [0, 0.1) is 0 Å². The minimum Gasteiger partial charge on any atom is -0.491 e. The minimum absolute atomic E-state index is 0.327. The van der Waals surface area contributed by atoms with E-state index in [0.29, 0.717) is 12.7 Å². The minimum atomic E-state index is 0.327. The van der Waals surface area contributed by atoms with Crippen LogP contribution >= 0.6 is 0 Å². The number of ether oxygens (including phenoxy) is 2. The number of benzene rings is 1. The Kier molecular flexibility index (Phi) is 8.11. The molecule has 1 aliphatic heterocycles. The molecule has 1 aromatic carbocycles. The number of unbranched alkanes of at least 4 members (excludes halogenated alkanes) is 5. The second-order valence-corrected chi connectivity index (χ2v) is 6.12. The molecule has 122 valence electrons. The van der Waals surface area contributed by atoms with E-state index in [1.807, 2.05) is 0 Å². The van der Waals surface area contributed by atoms with Crippen molar-refractivity contribution in [2.24, 2.45) is 0 Å². The van der Waals surface area contributed by atoms with Crippen molar-refractivity contribution in [3.63, 3.8) is 0 Å². The molecule has 0 radical (unpaired) electrons. The maximum absolute atomic E-state index is 5.65. The maximum atomic E-state index is 5.65. The van der Waals surface area contributed by atoms with Gasteiger partial charge in [0, 0.05) is 0 Å². The second kappa shape index (κ2) is 10.4. The molecule has 1 atom stereocenters. The van der Waals surface area contributed by atoms with Gasteiger partial charge in [-0.05, 0) is 49.8 Å². The van der Waals surface area contributed by atoms with Crippen LogP contribution in [-0.2, 0) is 11.2 Å². The van der Waals surface area contributed by atoms with Crippen molar-refractivity contribution in [2.45, 2.75) is 64.4 Å². The summed E-state index contributed by atoms with van der Waals surface area (Å²) in [5, 5.41) is 0. The average Bonchev–Trinajstić information content (AvgIpc) is 3.37. The van der Waals surface area contributed by atoms with Crippen molar-refractivity contribution in [3.8, 4) is 5.75 Å². The molecule has 1 saturated heterocycles. The molecule has 1 fully saturated rings. The number of hydrogen-bond donors (Lipinski definition) is 0.